The molecule has 0 aromatic heterocycles. The predicted molar refractivity (Wildman–Crippen MR) is 88.0 cm³/mol. The molecule has 0 bridgehead atoms. The van der Waals surface area contributed by atoms with Crippen LogP contribution in [0.25, 0.3) is 0 Å². The molecule has 0 heterocycles. The summed E-state index contributed by atoms with van der Waals surface area (Å²) >= 11 is 0. The normalized spacial score (nSPS) is 17.7. The first-order valence-electron chi connectivity index (χ1n) is 7.81. The van der Waals surface area contributed by atoms with E-state index < -0.39 is 0 Å². The maximum absolute atomic E-state index is 5.70. The molecule has 0 aromatic rings. The van der Waals surface area contributed by atoms with Crippen molar-refractivity contribution in [1.82, 2.24) is 21.3 Å². The van der Waals surface area contributed by atoms with Crippen LogP contribution < -0.4 is 32.7 Å². The molecule has 0 saturated carbocycles. The van der Waals surface area contributed by atoms with Crippen molar-refractivity contribution in [3.8, 4) is 0 Å². The minimum absolute atomic E-state index is 0.212. The molecular formula is C14H36N6. The molecule has 0 spiro atoms. The first-order valence-corrected chi connectivity index (χ1v) is 7.81. The van der Waals surface area contributed by atoms with Crippen LogP contribution in [-0.4, -0.2) is 63.4 Å². The Labute approximate surface area is 124 Å². The first-order chi connectivity index (χ1) is 9.41. The zero-order valence-electron chi connectivity index (χ0n) is 13.7. The fourth-order valence-electron chi connectivity index (χ4n) is 1.73. The lowest BCUT2D eigenvalue weighted by Crippen LogP contribution is -2.44. The van der Waals surface area contributed by atoms with Gasteiger partial charge in [-0.15, -0.1) is 0 Å². The van der Waals surface area contributed by atoms with Crippen molar-refractivity contribution in [2.24, 2.45) is 11.5 Å². The summed E-state index contributed by atoms with van der Waals surface area (Å²) in [5.41, 5.74) is 11.4. The highest BCUT2D eigenvalue weighted by Crippen LogP contribution is 1.81. The van der Waals surface area contributed by atoms with Gasteiger partial charge in [-0.2, -0.15) is 0 Å². The third-order valence-corrected chi connectivity index (χ3v) is 2.96. The molecule has 0 aromatic carbocycles. The SMILES string of the molecule is CC(N)CNC(C)CNCCNCC(C)NCC(C)N. The summed E-state index contributed by atoms with van der Waals surface area (Å²) < 4.78 is 0. The lowest BCUT2D eigenvalue weighted by Gasteiger charge is -2.18. The molecule has 4 unspecified atom stereocenters. The van der Waals surface area contributed by atoms with Gasteiger partial charge in [-0.05, 0) is 27.7 Å². The second kappa shape index (κ2) is 12.5. The van der Waals surface area contributed by atoms with Gasteiger partial charge in [0, 0.05) is 63.4 Å². The molecule has 0 fully saturated rings. The Hall–Kier alpha value is -0.240. The van der Waals surface area contributed by atoms with Crippen molar-refractivity contribution < 1.29 is 0 Å². The first kappa shape index (κ1) is 19.8. The van der Waals surface area contributed by atoms with E-state index in [9.17, 15) is 0 Å². The van der Waals surface area contributed by atoms with Crippen molar-refractivity contribution in [1.29, 1.82) is 0 Å². The number of nitrogens with one attached hydrogen (secondary N) is 4. The summed E-state index contributed by atoms with van der Waals surface area (Å²) in [5.74, 6) is 0. The van der Waals surface area contributed by atoms with Gasteiger partial charge < -0.3 is 32.7 Å². The maximum atomic E-state index is 5.70. The van der Waals surface area contributed by atoms with E-state index in [0.717, 1.165) is 39.3 Å². The van der Waals surface area contributed by atoms with Gasteiger partial charge in [0.1, 0.15) is 0 Å². The van der Waals surface area contributed by atoms with Crippen molar-refractivity contribution in [3.63, 3.8) is 0 Å². The molecular weight excluding hydrogens is 252 g/mol. The average molecular weight is 288 g/mol. The summed E-state index contributed by atoms with van der Waals surface area (Å²) in [6, 6.07) is 1.33. The second-order valence-corrected chi connectivity index (χ2v) is 5.98. The highest BCUT2D eigenvalue weighted by atomic mass is 15.0. The third-order valence-electron chi connectivity index (χ3n) is 2.96. The number of rotatable bonds is 13. The van der Waals surface area contributed by atoms with Crippen molar-refractivity contribution in [2.75, 3.05) is 39.3 Å². The molecule has 0 amide bonds. The minimum atomic E-state index is 0.212. The quantitative estimate of drug-likeness (QED) is 0.239. The van der Waals surface area contributed by atoms with Gasteiger partial charge in [0.15, 0.2) is 0 Å². The zero-order valence-corrected chi connectivity index (χ0v) is 13.7. The smallest absolute Gasteiger partial charge is 0.0164 e. The van der Waals surface area contributed by atoms with Crippen LogP contribution in [0.3, 0.4) is 0 Å². The van der Waals surface area contributed by atoms with Crippen LogP contribution in [0.4, 0.5) is 0 Å². The third kappa shape index (κ3) is 14.2. The molecule has 0 aliphatic carbocycles. The summed E-state index contributed by atoms with van der Waals surface area (Å²) in [6.07, 6.45) is 0. The van der Waals surface area contributed by atoms with Crippen LogP contribution in [0, 0.1) is 0 Å². The van der Waals surface area contributed by atoms with Gasteiger partial charge in [0.25, 0.3) is 0 Å². The number of hydrogen-bond acceptors (Lipinski definition) is 6. The molecule has 6 nitrogen and oxygen atoms in total. The average Bonchev–Trinajstić information content (AvgIpc) is 2.37. The van der Waals surface area contributed by atoms with Gasteiger partial charge in [-0.1, -0.05) is 0 Å². The van der Waals surface area contributed by atoms with Crippen molar-refractivity contribution in [3.05, 3.63) is 0 Å². The highest BCUT2D eigenvalue weighted by molar-refractivity contribution is 4.69. The Morgan fingerprint density at radius 3 is 1.30 bits per heavy atom. The Kier molecular flexibility index (Phi) is 12.3. The van der Waals surface area contributed by atoms with Crippen LogP contribution in [0.5, 0.6) is 0 Å². The van der Waals surface area contributed by atoms with E-state index in [-0.39, 0.29) is 12.1 Å². The summed E-state index contributed by atoms with van der Waals surface area (Å²) in [7, 11) is 0. The molecule has 0 rings (SSSR count). The standard InChI is InChI=1S/C14H36N6/c1-11(15)7-19-13(3)9-17-5-6-18-10-14(4)20-8-12(2)16/h11-14,17-20H,5-10,15-16H2,1-4H3. The largest absolute Gasteiger partial charge is 0.327 e. The van der Waals surface area contributed by atoms with Crippen LogP contribution in [0.2, 0.25) is 0 Å². The molecule has 0 aliphatic heterocycles. The summed E-state index contributed by atoms with van der Waals surface area (Å²) in [6.45, 7) is 14.0. The Morgan fingerprint density at radius 2 is 1.00 bits per heavy atom. The Morgan fingerprint density at radius 1 is 0.650 bits per heavy atom. The van der Waals surface area contributed by atoms with Crippen LogP contribution in [-0.2, 0) is 0 Å². The maximum Gasteiger partial charge on any atom is 0.0164 e. The predicted octanol–water partition coefficient (Wildman–Crippen LogP) is -1.18. The Balaban J connectivity index is 3.31. The highest BCUT2D eigenvalue weighted by Gasteiger charge is 2.03. The summed E-state index contributed by atoms with van der Waals surface area (Å²) in [5, 5.41) is 13.6. The molecule has 0 aliphatic rings. The van der Waals surface area contributed by atoms with Gasteiger partial charge >= 0.3 is 0 Å². The molecule has 6 heteroatoms. The fourth-order valence-corrected chi connectivity index (χ4v) is 1.73. The van der Waals surface area contributed by atoms with Gasteiger partial charge in [0.05, 0.1) is 0 Å². The lowest BCUT2D eigenvalue weighted by molar-refractivity contribution is 0.462. The van der Waals surface area contributed by atoms with E-state index in [1.807, 2.05) is 13.8 Å². The fraction of sp³-hybridized carbons (Fsp3) is 1.00. The van der Waals surface area contributed by atoms with Crippen molar-refractivity contribution in [2.45, 2.75) is 51.9 Å². The van der Waals surface area contributed by atoms with Gasteiger partial charge in [0.2, 0.25) is 0 Å². The number of nitrogens with two attached hydrogens (primary N) is 2. The second-order valence-electron chi connectivity index (χ2n) is 5.98. The van der Waals surface area contributed by atoms with Crippen LogP contribution >= 0.6 is 0 Å². The minimum Gasteiger partial charge on any atom is -0.327 e. The van der Waals surface area contributed by atoms with Gasteiger partial charge in [-0.3, -0.25) is 0 Å². The molecule has 0 saturated heterocycles. The van der Waals surface area contributed by atoms with Crippen molar-refractivity contribution >= 4 is 0 Å². The van der Waals surface area contributed by atoms with Crippen LogP contribution in [0.1, 0.15) is 27.7 Å². The zero-order chi connectivity index (χ0) is 15.4. The van der Waals surface area contributed by atoms with E-state index in [4.69, 9.17) is 11.5 Å². The topological polar surface area (TPSA) is 100 Å². The molecule has 20 heavy (non-hydrogen) atoms. The summed E-state index contributed by atoms with van der Waals surface area (Å²) in [4.78, 5) is 0. The van der Waals surface area contributed by atoms with E-state index in [0.29, 0.717) is 12.1 Å². The van der Waals surface area contributed by atoms with E-state index in [1.54, 1.807) is 0 Å². The van der Waals surface area contributed by atoms with E-state index >= 15 is 0 Å². The lowest BCUT2D eigenvalue weighted by atomic mass is 10.3. The monoisotopic (exact) mass is 288 g/mol. The van der Waals surface area contributed by atoms with E-state index in [1.165, 1.54) is 0 Å². The van der Waals surface area contributed by atoms with E-state index in [2.05, 4.69) is 35.1 Å². The number of hydrogen-bond donors (Lipinski definition) is 6. The van der Waals surface area contributed by atoms with Crippen LogP contribution in [0.15, 0.2) is 0 Å². The molecule has 8 N–H and O–H groups in total. The molecule has 0 radical (unpaired) electrons. The molecule has 4 atom stereocenters. The Bertz CT molecular complexity index is 188. The molecule has 122 valence electrons. The van der Waals surface area contributed by atoms with Gasteiger partial charge in [-0.25, -0.2) is 0 Å².